The molecule has 0 aliphatic carbocycles. The zero-order valence-electron chi connectivity index (χ0n) is 16.0. The maximum absolute atomic E-state index is 13.5. The lowest BCUT2D eigenvalue weighted by molar-refractivity contribution is -0.126. The van der Waals surface area contributed by atoms with Crippen LogP contribution in [0.15, 0.2) is 77.3 Å². The molecule has 0 bridgehead atoms. The van der Waals surface area contributed by atoms with Crippen molar-refractivity contribution in [2.45, 2.75) is 12.1 Å². The van der Waals surface area contributed by atoms with Gasteiger partial charge in [0.05, 0.1) is 17.4 Å². The minimum absolute atomic E-state index is 0.0172. The lowest BCUT2D eigenvalue weighted by atomic mass is 9.90. The number of fused-ring (bicyclic) bond motifs is 1. The Labute approximate surface area is 191 Å². The van der Waals surface area contributed by atoms with Crippen LogP contribution in [0.2, 0.25) is 5.02 Å². The number of benzene rings is 3. The first-order valence-electron chi connectivity index (χ1n) is 9.58. The highest BCUT2D eigenvalue weighted by Crippen LogP contribution is 2.49. The highest BCUT2D eigenvalue weighted by atomic mass is 79.9. The molecule has 5 rings (SSSR count). The van der Waals surface area contributed by atoms with E-state index in [0.29, 0.717) is 22.0 Å². The van der Waals surface area contributed by atoms with Crippen LogP contribution in [0.1, 0.15) is 11.6 Å². The quantitative estimate of drug-likeness (QED) is 0.521. The normalized spacial score (nSPS) is 22.8. The number of nitrogens with zero attached hydrogens (tertiary/aromatic N) is 2. The Morgan fingerprint density at radius 1 is 0.903 bits per heavy atom. The number of carbonyl (C=O) groups excluding carboxylic acids is 2. The number of aromatic hydroxyl groups is 1. The highest BCUT2D eigenvalue weighted by Gasteiger charge is 2.60. The monoisotopic (exact) mass is 498 g/mol. The van der Waals surface area contributed by atoms with Crippen molar-refractivity contribution in [3.63, 3.8) is 0 Å². The second-order valence-corrected chi connectivity index (χ2v) is 8.70. The van der Waals surface area contributed by atoms with E-state index >= 15 is 0 Å². The average Bonchev–Trinajstić information content (AvgIpc) is 3.28. The fraction of sp³-hybridized carbons (Fsp3) is 0.130. The molecule has 3 aromatic carbocycles. The van der Waals surface area contributed by atoms with E-state index in [9.17, 15) is 14.7 Å². The fourth-order valence-corrected chi connectivity index (χ4v) is 4.64. The second-order valence-electron chi connectivity index (χ2n) is 7.35. The number of amides is 2. The SMILES string of the molecule is O=C1[C@H]2[C@H](ON(c3ccccc3)[C@H]2c2cc(Br)ccc2O)C(=O)N1c1ccc(Cl)cc1. The summed E-state index contributed by atoms with van der Waals surface area (Å²) in [5.41, 5.74) is 1.60. The van der Waals surface area contributed by atoms with Gasteiger partial charge in [0.2, 0.25) is 5.91 Å². The zero-order valence-corrected chi connectivity index (χ0v) is 18.3. The third-order valence-corrected chi connectivity index (χ3v) is 6.26. The molecule has 1 N–H and O–H groups in total. The molecule has 6 nitrogen and oxygen atoms in total. The third-order valence-electron chi connectivity index (χ3n) is 5.52. The van der Waals surface area contributed by atoms with Gasteiger partial charge in [-0.15, -0.1) is 0 Å². The van der Waals surface area contributed by atoms with E-state index in [1.54, 1.807) is 47.5 Å². The molecular weight excluding hydrogens is 484 g/mol. The van der Waals surface area contributed by atoms with Crippen LogP contribution in [-0.4, -0.2) is 23.0 Å². The van der Waals surface area contributed by atoms with Gasteiger partial charge in [0.25, 0.3) is 5.91 Å². The predicted octanol–water partition coefficient (Wildman–Crippen LogP) is 4.86. The Bertz CT molecular complexity index is 1170. The maximum Gasteiger partial charge on any atom is 0.266 e. The predicted molar refractivity (Wildman–Crippen MR) is 120 cm³/mol. The molecule has 2 heterocycles. The van der Waals surface area contributed by atoms with E-state index < -0.39 is 24.0 Å². The van der Waals surface area contributed by atoms with Crippen molar-refractivity contribution in [1.82, 2.24) is 0 Å². The van der Waals surface area contributed by atoms with Gasteiger partial charge >= 0.3 is 0 Å². The second kappa shape index (κ2) is 7.67. The number of rotatable bonds is 3. The summed E-state index contributed by atoms with van der Waals surface area (Å²) in [6, 6.07) is 20.0. The Morgan fingerprint density at radius 2 is 1.61 bits per heavy atom. The molecule has 2 fully saturated rings. The Morgan fingerprint density at radius 3 is 2.32 bits per heavy atom. The number of anilines is 2. The first-order valence-corrected chi connectivity index (χ1v) is 10.8. The summed E-state index contributed by atoms with van der Waals surface area (Å²) < 4.78 is 0.739. The van der Waals surface area contributed by atoms with Gasteiger partial charge in [0, 0.05) is 15.1 Å². The van der Waals surface area contributed by atoms with Crippen molar-refractivity contribution in [2.24, 2.45) is 5.92 Å². The van der Waals surface area contributed by atoms with E-state index in [-0.39, 0.29) is 11.7 Å². The highest BCUT2D eigenvalue weighted by molar-refractivity contribution is 9.10. The van der Waals surface area contributed by atoms with Crippen LogP contribution in [-0.2, 0) is 14.4 Å². The minimum Gasteiger partial charge on any atom is -0.508 e. The standard InChI is InChI=1S/C23H16BrClN2O4/c24-13-6-11-18(28)17(12-13)20-19-21(31-27(20)16-4-2-1-3-5-16)23(30)26(22(19)29)15-9-7-14(25)8-10-15/h1-12,19-21,28H/t19-,20+,21+/m1/s1. The fourth-order valence-electron chi connectivity index (χ4n) is 4.14. The van der Waals surface area contributed by atoms with Crippen molar-refractivity contribution in [3.8, 4) is 5.75 Å². The van der Waals surface area contributed by atoms with Gasteiger partial charge < -0.3 is 5.11 Å². The number of halogens is 2. The van der Waals surface area contributed by atoms with Gasteiger partial charge in [-0.1, -0.05) is 45.7 Å². The molecule has 2 saturated heterocycles. The van der Waals surface area contributed by atoms with Crippen molar-refractivity contribution in [1.29, 1.82) is 0 Å². The molecule has 3 atom stereocenters. The van der Waals surface area contributed by atoms with Crippen LogP contribution in [0.5, 0.6) is 5.75 Å². The van der Waals surface area contributed by atoms with Crippen LogP contribution >= 0.6 is 27.5 Å². The van der Waals surface area contributed by atoms with Crippen molar-refractivity contribution in [3.05, 3.63) is 87.9 Å². The summed E-state index contributed by atoms with van der Waals surface area (Å²) in [6.45, 7) is 0. The molecule has 0 spiro atoms. The number of hydroxylamine groups is 1. The minimum atomic E-state index is -1.01. The van der Waals surface area contributed by atoms with Crippen molar-refractivity contribution in [2.75, 3.05) is 9.96 Å². The molecular formula is C23H16BrClN2O4. The summed E-state index contributed by atoms with van der Waals surface area (Å²) in [5, 5.41) is 12.7. The number of carbonyl (C=O) groups is 2. The van der Waals surface area contributed by atoms with E-state index in [1.165, 1.54) is 0 Å². The Kier molecular flexibility index (Phi) is 4.97. The molecule has 8 heteroatoms. The number of imide groups is 1. The van der Waals surface area contributed by atoms with Crippen LogP contribution in [0.3, 0.4) is 0 Å². The average molecular weight is 500 g/mol. The number of hydrogen-bond donors (Lipinski definition) is 1. The summed E-state index contributed by atoms with van der Waals surface area (Å²) in [6.07, 6.45) is -1.01. The van der Waals surface area contributed by atoms with Crippen molar-refractivity contribution >= 4 is 50.7 Å². The molecule has 0 unspecified atom stereocenters. The molecule has 0 saturated carbocycles. The van der Waals surface area contributed by atoms with Gasteiger partial charge in [0.15, 0.2) is 6.10 Å². The van der Waals surface area contributed by atoms with Crippen LogP contribution in [0, 0.1) is 5.92 Å². The van der Waals surface area contributed by atoms with Gasteiger partial charge in [-0.2, -0.15) is 0 Å². The van der Waals surface area contributed by atoms with Crippen molar-refractivity contribution < 1.29 is 19.5 Å². The van der Waals surface area contributed by atoms with E-state index in [4.69, 9.17) is 16.4 Å². The third kappa shape index (κ3) is 3.29. The molecule has 2 amide bonds. The number of phenols is 1. The van der Waals surface area contributed by atoms with E-state index in [1.807, 2.05) is 30.3 Å². The molecule has 0 radical (unpaired) electrons. The molecule has 156 valence electrons. The number of para-hydroxylation sites is 1. The van der Waals surface area contributed by atoms with Crippen LogP contribution < -0.4 is 9.96 Å². The first kappa shape index (κ1) is 20.1. The van der Waals surface area contributed by atoms with Gasteiger partial charge in [0.1, 0.15) is 11.7 Å². The summed E-state index contributed by atoms with van der Waals surface area (Å²) in [5.74, 6) is -1.65. The lowest BCUT2D eigenvalue weighted by Crippen LogP contribution is -2.37. The molecule has 2 aliphatic rings. The summed E-state index contributed by atoms with van der Waals surface area (Å²) in [4.78, 5) is 33.9. The van der Waals surface area contributed by atoms with E-state index in [2.05, 4.69) is 15.9 Å². The van der Waals surface area contributed by atoms with E-state index in [0.717, 1.165) is 9.37 Å². The Hall–Kier alpha value is -2.87. The topological polar surface area (TPSA) is 70.1 Å². The smallest absolute Gasteiger partial charge is 0.266 e. The zero-order chi connectivity index (χ0) is 21.7. The number of phenolic OH excluding ortho intramolecular Hbond substituents is 1. The van der Waals surface area contributed by atoms with Crippen LogP contribution in [0.25, 0.3) is 0 Å². The van der Waals surface area contributed by atoms with Gasteiger partial charge in [-0.05, 0) is 54.6 Å². The Balaban J connectivity index is 1.62. The largest absolute Gasteiger partial charge is 0.508 e. The molecule has 2 aliphatic heterocycles. The maximum atomic E-state index is 13.5. The summed E-state index contributed by atoms with van der Waals surface area (Å²) in [7, 11) is 0. The van der Waals surface area contributed by atoms with Gasteiger partial charge in [-0.25, -0.2) is 9.96 Å². The number of hydrogen-bond acceptors (Lipinski definition) is 5. The lowest BCUT2D eigenvalue weighted by Gasteiger charge is -2.29. The molecule has 3 aromatic rings. The van der Waals surface area contributed by atoms with Crippen LogP contribution in [0.4, 0.5) is 11.4 Å². The molecule has 0 aromatic heterocycles. The summed E-state index contributed by atoms with van der Waals surface area (Å²) >= 11 is 9.39. The van der Waals surface area contributed by atoms with Gasteiger partial charge in [-0.3, -0.25) is 14.4 Å². The molecule has 31 heavy (non-hydrogen) atoms. The first-order chi connectivity index (χ1) is 15.0.